The Morgan fingerprint density at radius 2 is 2.53 bits per heavy atom. The number of benzene rings is 1. The summed E-state index contributed by atoms with van der Waals surface area (Å²) in [6.07, 6.45) is 4.45. The van der Waals surface area contributed by atoms with Gasteiger partial charge in [-0.2, -0.15) is 0 Å². The van der Waals surface area contributed by atoms with E-state index in [2.05, 4.69) is 11.2 Å². The lowest BCUT2D eigenvalue weighted by atomic mass is 10.1. The van der Waals surface area contributed by atoms with E-state index in [0.717, 1.165) is 5.56 Å². The lowest BCUT2D eigenvalue weighted by Crippen LogP contribution is -2.36. The number of rotatable bonds is 4. The van der Waals surface area contributed by atoms with E-state index in [1.807, 2.05) is 6.07 Å². The Bertz CT molecular complexity index is 522. The number of hydrogen-bond acceptors (Lipinski definition) is 4. The van der Waals surface area contributed by atoms with Gasteiger partial charge in [0.05, 0.1) is 12.6 Å². The van der Waals surface area contributed by atoms with Crippen molar-refractivity contribution in [2.75, 3.05) is 13.2 Å². The van der Waals surface area contributed by atoms with E-state index in [1.54, 1.807) is 19.1 Å². The molecule has 2 rings (SSSR count). The zero-order valence-electron chi connectivity index (χ0n) is 10.7. The Morgan fingerprint density at radius 1 is 1.74 bits per heavy atom. The van der Waals surface area contributed by atoms with Crippen molar-refractivity contribution in [1.82, 2.24) is 5.32 Å². The summed E-state index contributed by atoms with van der Waals surface area (Å²) in [4.78, 5) is 11.6. The Hall–Kier alpha value is -2.19. The maximum Gasteiger partial charge on any atom is 0.261 e. The van der Waals surface area contributed by atoms with Gasteiger partial charge in [0.25, 0.3) is 5.91 Å². The second-order valence-electron chi connectivity index (χ2n) is 4.30. The Morgan fingerprint density at radius 3 is 3.26 bits per heavy atom. The first-order chi connectivity index (χ1) is 9.11. The number of amides is 1. The molecule has 5 heteroatoms. The molecule has 0 spiro atoms. The Balaban J connectivity index is 2.00. The van der Waals surface area contributed by atoms with E-state index < -0.39 is 6.10 Å². The van der Waals surface area contributed by atoms with E-state index in [9.17, 15) is 4.79 Å². The van der Waals surface area contributed by atoms with Gasteiger partial charge in [-0.15, -0.1) is 6.42 Å². The molecule has 2 unspecified atom stereocenters. The quantitative estimate of drug-likeness (QED) is 0.777. The molecule has 0 saturated carbocycles. The third kappa shape index (κ3) is 2.98. The molecule has 1 aromatic rings. The fraction of sp³-hybridized carbons (Fsp3) is 0.357. The molecule has 0 aromatic heterocycles. The zero-order valence-corrected chi connectivity index (χ0v) is 10.7. The number of terminal acetylenes is 1. The van der Waals surface area contributed by atoms with Crippen molar-refractivity contribution in [2.45, 2.75) is 19.1 Å². The van der Waals surface area contributed by atoms with Crippen molar-refractivity contribution in [3.05, 3.63) is 23.8 Å². The highest BCUT2D eigenvalue weighted by molar-refractivity contribution is 5.80. The van der Waals surface area contributed by atoms with Crippen LogP contribution in [0.15, 0.2) is 18.2 Å². The van der Waals surface area contributed by atoms with Crippen LogP contribution in [0.3, 0.4) is 0 Å². The van der Waals surface area contributed by atoms with Crippen molar-refractivity contribution >= 4 is 5.91 Å². The van der Waals surface area contributed by atoms with Gasteiger partial charge in [-0.25, -0.2) is 0 Å². The van der Waals surface area contributed by atoms with Crippen LogP contribution >= 0.6 is 0 Å². The number of nitrogens with two attached hydrogens (primary N) is 1. The first-order valence-corrected chi connectivity index (χ1v) is 6.02. The van der Waals surface area contributed by atoms with Crippen LogP contribution < -0.4 is 20.5 Å². The molecular weight excluding hydrogens is 244 g/mol. The van der Waals surface area contributed by atoms with Crippen LogP contribution in [0, 0.1) is 12.3 Å². The fourth-order valence-corrected chi connectivity index (χ4v) is 1.83. The lowest BCUT2D eigenvalue weighted by Gasteiger charge is -2.14. The highest BCUT2D eigenvalue weighted by Gasteiger charge is 2.22. The average Bonchev–Trinajstić information content (AvgIpc) is 2.77. The molecule has 1 aliphatic rings. The second-order valence-corrected chi connectivity index (χ2v) is 4.30. The molecule has 1 aromatic carbocycles. The summed E-state index contributed by atoms with van der Waals surface area (Å²) in [6.45, 7) is 2.32. The topological polar surface area (TPSA) is 73.6 Å². The minimum Gasteiger partial charge on any atom is -0.491 e. The molecular formula is C14H16N2O3. The molecule has 0 radical (unpaired) electrons. The molecule has 0 aliphatic carbocycles. The van der Waals surface area contributed by atoms with Gasteiger partial charge in [0, 0.05) is 11.6 Å². The van der Waals surface area contributed by atoms with E-state index >= 15 is 0 Å². The van der Waals surface area contributed by atoms with Crippen molar-refractivity contribution < 1.29 is 14.3 Å². The summed E-state index contributed by atoms with van der Waals surface area (Å²) in [6, 6.07) is 5.28. The number of nitrogens with one attached hydrogen (secondary N) is 1. The molecule has 19 heavy (non-hydrogen) atoms. The molecule has 2 atom stereocenters. The third-order valence-electron chi connectivity index (χ3n) is 2.85. The summed E-state index contributed by atoms with van der Waals surface area (Å²) in [5.41, 5.74) is 6.81. The molecule has 0 fully saturated rings. The van der Waals surface area contributed by atoms with Crippen LogP contribution in [0.5, 0.6) is 11.5 Å². The van der Waals surface area contributed by atoms with Crippen molar-refractivity contribution in [3.8, 4) is 23.8 Å². The highest BCUT2D eigenvalue weighted by Crippen LogP contribution is 2.34. The van der Waals surface area contributed by atoms with E-state index in [0.29, 0.717) is 18.1 Å². The molecule has 3 N–H and O–H groups in total. The van der Waals surface area contributed by atoms with Crippen LogP contribution in [0.2, 0.25) is 0 Å². The SMILES string of the molecule is C#CCNC(=O)C(C)Oc1ccc2c(c1)OCC2N. The highest BCUT2D eigenvalue weighted by atomic mass is 16.5. The van der Waals surface area contributed by atoms with Gasteiger partial charge in [0.2, 0.25) is 0 Å². The predicted molar refractivity (Wildman–Crippen MR) is 70.8 cm³/mol. The number of hydrogen-bond donors (Lipinski definition) is 2. The molecule has 100 valence electrons. The summed E-state index contributed by atoms with van der Waals surface area (Å²) in [5.74, 6) is 3.36. The molecule has 0 saturated heterocycles. The Kier molecular flexibility index (Phi) is 3.93. The van der Waals surface area contributed by atoms with Gasteiger partial charge in [0.1, 0.15) is 18.1 Å². The van der Waals surface area contributed by atoms with Crippen molar-refractivity contribution in [2.24, 2.45) is 5.73 Å². The number of ether oxygens (including phenoxy) is 2. The summed E-state index contributed by atoms with van der Waals surface area (Å²) in [5, 5.41) is 2.56. The first-order valence-electron chi connectivity index (χ1n) is 6.02. The van der Waals surface area contributed by atoms with Crippen molar-refractivity contribution in [3.63, 3.8) is 0 Å². The average molecular weight is 260 g/mol. The van der Waals surface area contributed by atoms with Crippen LogP contribution in [-0.2, 0) is 4.79 Å². The maximum atomic E-state index is 11.6. The molecule has 0 bridgehead atoms. The lowest BCUT2D eigenvalue weighted by molar-refractivity contribution is -0.127. The number of carbonyl (C=O) groups is 1. The first kappa shape index (κ1) is 13.2. The van der Waals surface area contributed by atoms with Gasteiger partial charge in [-0.3, -0.25) is 4.79 Å². The van der Waals surface area contributed by atoms with Gasteiger partial charge in [-0.05, 0) is 19.1 Å². The molecule has 1 heterocycles. The molecule has 1 aliphatic heterocycles. The van der Waals surface area contributed by atoms with Gasteiger partial charge in [0.15, 0.2) is 6.10 Å². The van der Waals surface area contributed by atoms with Crippen LogP contribution in [-0.4, -0.2) is 25.2 Å². The molecule has 1 amide bonds. The monoisotopic (exact) mass is 260 g/mol. The van der Waals surface area contributed by atoms with Crippen LogP contribution in [0.25, 0.3) is 0 Å². The van der Waals surface area contributed by atoms with Crippen LogP contribution in [0.1, 0.15) is 18.5 Å². The summed E-state index contributed by atoms with van der Waals surface area (Å²) in [7, 11) is 0. The van der Waals surface area contributed by atoms with Gasteiger partial charge >= 0.3 is 0 Å². The van der Waals surface area contributed by atoms with E-state index in [4.69, 9.17) is 21.6 Å². The number of fused-ring (bicyclic) bond motifs is 1. The number of carbonyl (C=O) groups excluding carboxylic acids is 1. The van der Waals surface area contributed by atoms with Gasteiger partial charge in [-0.1, -0.05) is 5.92 Å². The maximum absolute atomic E-state index is 11.6. The summed E-state index contributed by atoms with van der Waals surface area (Å²) < 4.78 is 11.0. The van der Waals surface area contributed by atoms with Crippen LogP contribution in [0.4, 0.5) is 0 Å². The second kappa shape index (κ2) is 5.63. The third-order valence-corrected chi connectivity index (χ3v) is 2.85. The largest absolute Gasteiger partial charge is 0.491 e. The fourth-order valence-electron chi connectivity index (χ4n) is 1.83. The normalized spacial score (nSPS) is 17.8. The van der Waals surface area contributed by atoms with Crippen molar-refractivity contribution in [1.29, 1.82) is 0 Å². The minimum absolute atomic E-state index is 0.0969. The zero-order chi connectivity index (χ0) is 13.8. The molecule has 5 nitrogen and oxygen atoms in total. The van der Waals surface area contributed by atoms with E-state index in [-0.39, 0.29) is 18.5 Å². The van der Waals surface area contributed by atoms with E-state index in [1.165, 1.54) is 0 Å². The predicted octanol–water partition coefficient (Wildman–Crippen LogP) is 0.595. The van der Waals surface area contributed by atoms with Gasteiger partial charge < -0.3 is 20.5 Å². The summed E-state index contributed by atoms with van der Waals surface area (Å²) >= 11 is 0. The Labute approximate surface area is 112 Å². The smallest absolute Gasteiger partial charge is 0.261 e. The minimum atomic E-state index is -0.624. The standard InChI is InChI=1S/C14H16N2O3/c1-3-6-16-14(17)9(2)19-10-4-5-11-12(15)8-18-13(11)7-10/h1,4-5,7,9,12H,6,8,15H2,2H3,(H,16,17).